The molecule has 0 fully saturated rings. The summed E-state index contributed by atoms with van der Waals surface area (Å²) in [6, 6.07) is 17.1. The largest absolute Gasteiger partial charge is 0.449 e. The summed E-state index contributed by atoms with van der Waals surface area (Å²) in [7, 11) is -1.96. The highest BCUT2D eigenvalue weighted by molar-refractivity contribution is 6.74. The number of benzene rings is 2. The van der Waals surface area contributed by atoms with Crippen LogP contribution in [0.1, 0.15) is 38.3 Å². The fourth-order valence-electron chi connectivity index (χ4n) is 3.21. The lowest BCUT2D eigenvalue weighted by molar-refractivity contribution is 0.145. The molecule has 10 heteroatoms. The average Bonchev–Trinajstić information content (AvgIpc) is 2.87. The topological polar surface area (TPSA) is 123 Å². The Morgan fingerprint density at radius 1 is 1.08 bits per heavy atom. The number of rotatable bonds is 12. The first-order valence-corrected chi connectivity index (χ1v) is 15.8. The summed E-state index contributed by atoms with van der Waals surface area (Å²) < 4.78 is 11.7. The number of carbonyl (C=O) groups excluding carboxylic acids is 1. The van der Waals surface area contributed by atoms with Gasteiger partial charge in [0.2, 0.25) is 5.95 Å². The van der Waals surface area contributed by atoms with Crippen LogP contribution in [0.5, 0.6) is 0 Å². The van der Waals surface area contributed by atoms with Gasteiger partial charge < -0.3 is 30.8 Å². The zero-order chi connectivity index (χ0) is 27.6. The number of hydrogen-bond donors (Lipinski definition) is 4. The third kappa shape index (κ3) is 9.04. The van der Waals surface area contributed by atoms with E-state index in [2.05, 4.69) is 54.8 Å². The van der Waals surface area contributed by atoms with Gasteiger partial charge in [-0.05, 0) is 48.3 Å². The number of hydrogen-bond acceptors (Lipinski definition) is 8. The van der Waals surface area contributed by atoms with Crippen LogP contribution in [0.15, 0.2) is 60.8 Å². The summed E-state index contributed by atoms with van der Waals surface area (Å²) in [5.74, 6) is 1.13. The first kappa shape index (κ1) is 28.9. The Balaban J connectivity index is 1.57. The molecule has 0 aliphatic carbocycles. The van der Waals surface area contributed by atoms with Crippen LogP contribution in [0.25, 0.3) is 0 Å². The number of anilines is 4. The Bertz CT molecular complexity index is 1180. The highest BCUT2D eigenvalue weighted by atomic mass is 28.4. The molecule has 38 heavy (non-hydrogen) atoms. The van der Waals surface area contributed by atoms with Crippen molar-refractivity contribution in [3.8, 4) is 0 Å². The van der Waals surface area contributed by atoms with Crippen LogP contribution < -0.4 is 21.7 Å². The molecule has 1 heterocycles. The molecule has 1 aromatic heterocycles. The minimum Gasteiger partial charge on any atom is -0.449 e. The predicted octanol–water partition coefficient (Wildman–Crippen LogP) is 6.05. The van der Waals surface area contributed by atoms with Crippen molar-refractivity contribution >= 4 is 37.6 Å². The maximum atomic E-state index is 12.0. The molecule has 0 bridgehead atoms. The maximum absolute atomic E-state index is 12.0. The molecule has 0 spiro atoms. The Kier molecular flexibility index (Phi) is 10.1. The van der Waals surface area contributed by atoms with E-state index in [9.17, 15) is 4.79 Å². The Morgan fingerprint density at radius 3 is 2.55 bits per heavy atom. The molecule has 204 valence electrons. The van der Waals surface area contributed by atoms with Crippen LogP contribution in [0.2, 0.25) is 18.1 Å². The molecule has 0 saturated heterocycles. The molecule has 0 aliphatic rings. The van der Waals surface area contributed by atoms with Gasteiger partial charge in [0.25, 0.3) is 0 Å². The lowest BCUT2D eigenvalue weighted by atomic mass is 10.2. The number of ether oxygens (including phenoxy) is 1. The van der Waals surface area contributed by atoms with E-state index in [0.717, 1.165) is 16.8 Å². The van der Waals surface area contributed by atoms with Gasteiger partial charge in [0.15, 0.2) is 8.32 Å². The second kappa shape index (κ2) is 13.2. The Morgan fingerprint density at radius 2 is 1.84 bits per heavy atom. The molecule has 3 rings (SSSR count). The summed E-state index contributed by atoms with van der Waals surface area (Å²) in [4.78, 5) is 21.2. The highest BCUT2D eigenvalue weighted by Gasteiger charge is 2.37. The van der Waals surface area contributed by atoms with Crippen molar-refractivity contribution in [1.29, 1.82) is 0 Å². The predicted molar refractivity (Wildman–Crippen MR) is 156 cm³/mol. The monoisotopic (exact) mass is 536 g/mol. The molecule has 2 aromatic carbocycles. The number of amides is 1. The van der Waals surface area contributed by atoms with Crippen molar-refractivity contribution in [3.63, 3.8) is 0 Å². The van der Waals surface area contributed by atoms with Crippen LogP contribution in [-0.2, 0) is 22.3 Å². The summed E-state index contributed by atoms with van der Waals surface area (Å²) in [6.07, 6.45) is 1.96. The highest BCUT2D eigenvalue weighted by Crippen LogP contribution is 2.37. The van der Waals surface area contributed by atoms with Crippen molar-refractivity contribution in [2.45, 2.75) is 58.5 Å². The van der Waals surface area contributed by atoms with E-state index < -0.39 is 14.4 Å². The fraction of sp³-hybridized carbons (Fsp3) is 0.393. The number of alkyl carbamates (subject to hydrolysis) is 1. The zero-order valence-corrected chi connectivity index (χ0v) is 24.0. The normalized spacial score (nSPS) is 11.6. The van der Waals surface area contributed by atoms with Gasteiger partial charge in [0.05, 0.1) is 13.2 Å². The van der Waals surface area contributed by atoms with Crippen LogP contribution in [0, 0.1) is 0 Å². The quantitative estimate of drug-likeness (QED) is 0.125. The Hall–Kier alpha value is -3.63. The first-order valence-electron chi connectivity index (χ1n) is 12.8. The number of carbonyl (C=O) groups is 1. The van der Waals surface area contributed by atoms with E-state index in [1.165, 1.54) is 0 Å². The van der Waals surface area contributed by atoms with Crippen molar-refractivity contribution in [2.75, 3.05) is 29.5 Å². The summed E-state index contributed by atoms with van der Waals surface area (Å²) in [6.45, 7) is 12.8. The molecule has 0 aliphatic heterocycles. The van der Waals surface area contributed by atoms with Crippen LogP contribution in [-0.4, -0.2) is 37.5 Å². The molecule has 1 amide bonds. The molecule has 5 N–H and O–H groups in total. The fourth-order valence-corrected chi connectivity index (χ4v) is 4.16. The summed E-state index contributed by atoms with van der Waals surface area (Å²) >= 11 is 0. The standard InChI is InChI=1S/C28H40N6O3Si/c1-28(2,3)38(4,5)37-20-22-19-31-26(33-24-14-9-13-23(29)17-24)34-25(22)30-15-10-16-36-27(35)32-18-21-11-7-6-8-12-21/h6-9,11-14,17,19H,10,15-16,18,20,29H2,1-5H3,(H,32,35)(H2,30,31,33,34). The first-order chi connectivity index (χ1) is 18.0. The SMILES string of the molecule is CC(C)(C)[Si](C)(C)OCc1cnc(Nc2cccc(N)c2)nc1NCCCOC(=O)NCc1ccccc1. The molecule has 0 radical (unpaired) electrons. The molecule has 0 saturated carbocycles. The van der Waals surface area contributed by atoms with Crippen molar-refractivity contribution < 1.29 is 14.0 Å². The summed E-state index contributed by atoms with van der Waals surface area (Å²) in [5.41, 5.74) is 9.24. The number of nitrogens with one attached hydrogen (secondary N) is 3. The van der Waals surface area contributed by atoms with E-state index in [0.29, 0.717) is 43.6 Å². The van der Waals surface area contributed by atoms with Crippen LogP contribution >= 0.6 is 0 Å². The average molecular weight is 537 g/mol. The van der Waals surface area contributed by atoms with Crippen LogP contribution in [0.4, 0.5) is 27.9 Å². The van der Waals surface area contributed by atoms with Crippen molar-refractivity contribution in [3.05, 3.63) is 71.9 Å². The zero-order valence-electron chi connectivity index (χ0n) is 23.0. The molecule has 0 atom stereocenters. The van der Waals surface area contributed by atoms with Crippen molar-refractivity contribution in [1.82, 2.24) is 15.3 Å². The van der Waals surface area contributed by atoms with Gasteiger partial charge in [-0.3, -0.25) is 0 Å². The smallest absolute Gasteiger partial charge is 0.407 e. The third-order valence-corrected chi connectivity index (χ3v) is 11.0. The lowest BCUT2D eigenvalue weighted by Crippen LogP contribution is -2.40. The number of nitrogens with two attached hydrogens (primary N) is 1. The van der Waals surface area contributed by atoms with Gasteiger partial charge in [-0.1, -0.05) is 57.2 Å². The minimum absolute atomic E-state index is 0.0919. The lowest BCUT2D eigenvalue weighted by Gasteiger charge is -2.36. The number of aromatic nitrogens is 2. The van der Waals surface area contributed by atoms with E-state index in [1.807, 2.05) is 54.6 Å². The number of nitrogen functional groups attached to an aromatic ring is 1. The van der Waals surface area contributed by atoms with Crippen molar-refractivity contribution in [2.24, 2.45) is 0 Å². The van der Waals surface area contributed by atoms with Gasteiger partial charge in [-0.2, -0.15) is 4.98 Å². The molecule has 0 unspecified atom stereocenters. The van der Waals surface area contributed by atoms with Gasteiger partial charge in [-0.15, -0.1) is 0 Å². The Labute approximate surface area is 226 Å². The van der Waals surface area contributed by atoms with Gasteiger partial charge in [-0.25, -0.2) is 9.78 Å². The molecular formula is C28H40N6O3Si. The second-order valence-electron chi connectivity index (χ2n) is 10.6. The number of nitrogens with zero attached hydrogens (tertiary/aromatic N) is 2. The minimum atomic E-state index is -1.96. The molecule has 9 nitrogen and oxygen atoms in total. The molecular weight excluding hydrogens is 496 g/mol. The van der Waals surface area contributed by atoms with E-state index in [4.69, 9.17) is 19.9 Å². The van der Waals surface area contributed by atoms with E-state index in [1.54, 1.807) is 6.20 Å². The second-order valence-corrected chi connectivity index (χ2v) is 15.4. The van der Waals surface area contributed by atoms with Crippen LogP contribution in [0.3, 0.4) is 0 Å². The maximum Gasteiger partial charge on any atom is 0.407 e. The van der Waals surface area contributed by atoms with Gasteiger partial charge in [0.1, 0.15) is 5.82 Å². The van der Waals surface area contributed by atoms with E-state index in [-0.39, 0.29) is 11.6 Å². The van der Waals surface area contributed by atoms with E-state index >= 15 is 0 Å². The summed E-state index contributed by atoms with van der Waals surface area (Å²) in [5, 5.41) is 9.42. The van der Waals surface area contributed by atoms with Gasteiger partial charge in [0, 0.05) is 36.2 Å². The molecule has 3 aromatic rings. The third-order valence-electron chi connectivity index (χ3n) is 6.53. The van der Waals surface area contributed by atoms with Gasteiger partial charge >= 0.3 is 6.09 Å².